The molecule has 1 atom stereocenters. The molecule has 1 aromatic rings. The Kier molecular flexibility index (Phi) is 5.72. The number of benzene rings is 1. The van der Waals surface area contributed by atoms with E-state index in [1.165, 1.54) is 0 Å². The van der Waals surface area contributed by atoms with Crippen molar-refractivity contribution in [2.75, 3.05) is 20.3 Å². The van der Waals surface area contributed by atoms with Gasteiger partial charge in [-0.15, -0.1) is 0 Å². The number of rotatable bonds is 5. The molecule has 0 aromatic heterocycles. The maximum absolute atomic E-state index is 12.5. The summed E-state index contributed by atoms with van der Waals surface area (Å²) in [4.78, 5) is 24.6. The lowest BCUT2D eigenvalue weighted by Crippen LogP contribution is -2.52. The predicted octanol–water partition coefficient (Wildman–Crippen LogP) is 2.01. The van der Waals surface area contributed by atoms with Gasteiger partial charge in [0.2, 0.25) is 5.91 Å². The van der Waals surface area contributed by atoms with Crippen LogP contribution < -0.4 is 15.4 Å². The van der Waals surface area contributed by atoms with Crippen LogP contribution in [0, 0.1) is 5.41 Å². The van der Waals surface area contributed by atoms with Gasteiger partial charge in [0.25, 0.3) is 5.91 Å². The minimum Gasteiger partial charge on any atom is -0.484 e. The van der Waals surface area contributed by atoms with E-state index in [-0.39, 0.29) is 17.9 Å². The van der Waals surface area contributed by atoms with Crippen LogP contribution in [-0.2, 0) is 9.53 Å². The first kappa shape index (κ1) is 18.5. The van der Waals surface area contributed by atoms with Crippen molar-refractivity contribution in [1.82, 2.24) is 10.6 Å². The van der Waals surface area contributed by atoms with Crippen molar-refractivity contribution in [3.05, 3.63) is 28.8 Å². The zero-order chi connectivity index (χ0) is 17.9. The van der Waals surface area contributed by atoms with Gasteiger partial charge in [-0.2, -0.15) is 0 Å². The molecule has 0 bridgehead atoms. The summed E-state index contributed by atoms with van der Waals surface area (Å²) in [5.41, 5.74) is -0.0436. The van der Waals surface area contributed by atoms with Crippen molar-refractivity contribution < 1.29 is 19.1 Å². The second-order valence-corrected chi connectivity index (χ2v) is 7.22. The van der Waals surface area contributed by atoms with Crippen LogP contribution in [0.2, 0.25) is 5.02 Å². The highest BCUT2D eigenvalue weighted by Crippen LogP contribution is 2.28. The average Bonchev–Trinajstić information content (AvgIpc) is 2.47. The molecule has 0 radical (unpaired) electrons. The molecule has 132 valence electrons. The van der Waals surface area contributed by atoms with Gasteiger partial charge in [0.1, 0.15) is 17.9 Å². The summed E-state index contributed by atoms with van der Waals surface area (Å²) in [6, 6.07) is 4.14. The van der Waals surface area contributed by atoms with Gasteiger partial charge >= 0.3 is 0 Å². The van der Waals surface area contributed by atoms with Crippen molar-refractivity contribution >= 4 is 23.4 Å². The van der Waals surface area contributed by atoms with Gasteiger partial charge in [-0.25, -0.2) is 0 Å². The maximum atomic E-state index is 12.5. The van der Waals surface area contributed by atoms with Gasteiger partial charge in [-0.3, -0.25) is 9.59 Å². The summed E-state index contributed by atoms with van der Waals surface area (Å²) in [5, 5.41) is 5.78. The Labute approximate surface area is 146 Å². The Bertz CT molecular complexity index is 624. The highest BCUT2D eigenvalue weighted by Gasteiger charge is 2.32. The summed E-state index contributed by atoms with van der Waals surface area (Å²) < 4.78 is 10.8. The van der Waals surface area contributed by atoms with Gasteiger partial charge in [0, 0.05) is 12.6 Å². The number of likely N-dealkylation sites (N-methyl/N-ethyl adjacent to an activating group) is 1. The lowest BCUT2D eigenvalue weighted by molar-refractivity contribution is -0.124. The molecule has 2 amide bonds. The molecule has 2 rings (SSSR count). The van der Waals surface area contributed by atoms with Crippen LogP contribution >= 0.6 is 11.6 Å². The number of ether oxygens (including phenoxy) is 2. The van der Waals surface area contributed by atoms with E-state index in [0.29, 0.717) is 29.5 Å². The van der Waals surface area contributed by atoms with E-state index in [9.17, 15) is 9.59 Å². The first-order valence-electron chi connectivity index (χ1n) is 7.78. The summed E-state index contributed by atoms with van der Waals surface area (Å²) in [6.07, 6.45) is -0.0472. The second kappa shape index (κ2) is 7.40. The zero-order valence-corrected chi connectivity index (χ0v) is 15.1. The molecule has 7 heteroatoms. The number of carbonyl (C=O) groups excluding carboxylic acids is 2. The SMILES string of the molecule is CNC(=O)[C@@H](NC(=O)c1ccc(Cl)c(OC2COC2)c1)C(C)(C)C. The maximum Gasteiger partial charge on any atom is 0.252 e. The fraction of sp³-hybridized carbons (Fsp3) is 0.529. The quantitative estimate of drug-likeness (QED) is 0.848. The van der Waals surface area contributed by atoms with Crippen molar-refractivity contribution in [2.24, 2.45) is 5.41 Å². The molecule has 0 aliphatic carbocycles. The van der Waals surface area contributed by atoms with Gasteiger partial charge in [-0.05, 0) is 23.6 Å². The molecule has 0 saturated carbocycles. The van der Waals surface area contributed by atoms with Crippen molar-refractivity contribution in [3.63, 3.8) is 0 Å². The third-order valence-electron chi connectivity index (χ3n) is 3.74. The number of nitrogens with one attached hydrogen (secondary N) is 2. The van der Waals surface area contributed by atoms with Gasteiger partial charge in [-0.1, -0.05) is 32.4 Å². The fourth-order valence-corrected chi connectivity index (χ4v) is 2.39. The highest BCUT2D eigenvalue weighted by molar-refractivity contribution is 6.32. The third-order valence-corrected chi connectivity index (χ3v) is 4.06. The number of hydrogen-bond donors (Lipinski definition) is 2. The molecule has 0 unspecified atom stereocenters. The predicted molar refractivity (Wildman–Crippen MR) is 91.5 cm³/mol. The van der Waals surface area contributed by atoms with Crippen molar-refractivity contribution in [2.45, 2.75) is 32.9 Å². The van der Waals surface area contributed by atoms with Gasteiger partial charge < -0.3 is 20.1 Å². The summed E-state index contributed by atoms with van der Waals surface area (Å²) >= 11 is 6.12. The number of carbonyl (C=O) groups is 2. The third kappa shape index (κ3) is 4.39. The van der Waals surface area contributed by atoms with E-state index < -0.39 is 11.5 Å². The topological polar surface area (TPSA) is 76.7 Å². The Morgan fingerprint density at radius 2 is 2.00 bits per heavy atom. The molecule has 1 aliphatic heterocycles. The van der Waals surface area contributed by atoms with Crippen LogP contribution in [0.15, 0.2) is 18.2 Å². The molecular formula is C17H23ClN2O4. The van der Waals surface area contributed by atoms with Crippen LogP contribution in [0.5, 0.6) is 5.75 Å². The van der Waals surface area contributed by atoms with Crippen LogP contribution in [-0.4, -0.2) is 44.2 Å². The normalized spacial score (nSPS) is 16.0. The molecule has 2 N–H and O–H groups in total. The number of halogens is 1. The smallest absolute Gasteiger partial charge is 0.252 e. The molecule has 0 spiro atoms. The average molecular weight is 355 g/mol. The van der Waals surface area contributed by atoms with E-state index >= 15 is 0 Å². The molecule has 6 nitrogen and oxygen atoms in total. The van der Waals surface area contributed by atoms with E-state index in [1.54, 1.807) is 25.2 Å². The molecule has 1 heterocycles. The summed E-state index contributed by atoms with van der Waals surface area (Å²) in [5.74, 6) is -0.164. The van der Waals surface area contributed by atoms with Crippen LogP contribution in [0.1, 0.15) is 31.1 Å². The highest BCUT2D eigenvalue weighted by atomic mass is 35.5. The summed E-state index contributed by atoms with van der Waals surface area (Å²) in [7, 11) is 1.54. The fourth-order valence-electron chi connectivity index (χ4n) is 2.23. The summed E-state index contributed by atoms with van der Waals surface area (Å²) in [6.45, 7) is 6.69. The van der Waals surface area contributed by atoms with E-state index in [2.05, 4.69) is 10.6 Å². The number of hydrogen-bond acceptors (Lipinski definition) is 4. The molecule has 1 aliphatic rings. The Hall–Kier alpha value is -1.79. The molecular weight excluding hydrogens is 332 g/mol. The number of amides is 2. The zero-order valence-electron chi connectivity index (χ0n) is 14.3. The van der Waals surface area contributed by atoms with Gasteiger partial charge in [0.05, 0.1) is 18.2 Å². The Morgan fingerprint density at radius 1 is 1.33 bits per heavy atom. The monoisotopic (exact) mass is 354 g/mol. The van der Waals surface area contributed by atoms with Crippen molar-refractivity contribution in [1.29, 1.82) is 0 Å². The van der Waals surface area contributed by atoms with E-state index in [1.807, 2.05) is 20.8 Å². The first-order chi connectivity index (χ1) is 11.2. The Balaban J connectivity index is 2.15. The van der Waals surface area contributed by atoms with E-state index in [4.69, 9.17) is 21.1 Å². The van der Waals surface area contributed by atoms with Gasteiger partial charge in [0.15, 0.2) is 0 Å². The largest absolute Gasteiger partial charge is 0.484 e. The lowest BCUT2D eigenvalue weighted by Gasteiger charge is -2.30. The first-order valence-corrected chi connectivity index (χ1v) is 8.16. The molecule has 1 aromatic carbocycles. The molecule has 1 fully saturated rings. The Morgan fingerprint density at radius 3 is 2.50 bits per heavy atom. The molecule has 24 heavy (non-hydrogen) atoms. The van der Waals surface area contributed by atoms with Crippen LogP contribution in [0.3, 0.4) is 0 Å². The minimum atomic E-state index is -0.657. The molecule has 1 saturated heterocycles. The van der Waals surface area contributed by atoms with Crippen molar-refractivity contribution in [3.8, 4) is 5.75 Å². The van der Waals surface area contributed by atoms with Crippen LogP contribution in [0.4, 0.5) is 0 Å². The lowest BCUT2D eigenvalue weighted by atomic mass is 9.86. The van der Waals surface area contributed by atoms with Crippen LogP contribution in [0.25, 0.3) is 0 Å². The minimum absolute atomic E-state index is 0.0472. The second-order valence-electron chi connectivity index (χ2n) is 6.81. The standard InChI is InChI=1S/C17H23ClN2O4/c1-17(2,3)14(16(22)19-4)20-15(21)10-5-6-12(18)13(7-10)24-11-8-23-9-11/h5-7,11,14H,8-9H2,1-4H3,(H,19,22)(H,20,21)/t14-/m1/s1. The van der Waals surface area contributed by atoms with E-state index in [0.717, 1.165) is 0 Å².